The van der Waals surface area contributed by atoms with Crippen LogP contribution in [0.4, 0.5) is 0 Å². The standard InChI is InChI=1S/C10H12Br2O2/c1-5-7(11)6(2)10(14-4)8(12)9(5)13-3/h1-4H3. The first-order valence-corrected chi connectivity index (χ1v) is 5.69. The summed E-state index contributed by atoms with van der Waals surface area (Å²) in [5.41, 5.74) is 2.13. The van der Waals surface area contributed by atoms with E-state index in [0.29, 0.717) is 0 Å². The highest BCUT2D eigenvalue weighted by Gasteiger charge is 2.17. The lowest BCUT2D eigenvalue weighted by atomic mass is 10.1. The van der Waals surface area contributed by atoms with Gasteiger partial charge in [-0.3, -0.25) is 0 Å². The number of methoxy groups -OCH3 is 2. The molecule has 0 heterocycles. The molecule has 0 aromatic heterocycles. The zero-order valence-electron chi connectivity index (χ0n) is 8.57. The fourth-order valence-corrected chi connectivity index (χ4v) is 2.68. The van der Waals surface area contributed by atoms with Crippen LogP contribution >= 0.6 is 31.9 Å². The highest BCUT2D eigenvalue weighted by atomic mass is 79.9. The number of benzene rings is 1. The van der Waals surface area contributed by atoms with E-state index in [9.17, 15) is 0 Å². The number of hydrogen-bond donors (Lipinski definition) is 0. The van der Waals surface area contributed by atoms with E-state index in [0.717, 1.165) is 31.6 Å². The number of hydrogen-bond acceptors (Lipinski definition) is 2. The van der Waals surface area contributed by atoms with Gasteiger partial charge in [0, 0.05) is 15.6 Å². The van der Waals surface area contributed by atoms with Crippen molar-refractivity contribution in [3.63, 3.8) is 0 Å². The van der Waals surface area contributed by atoms with Crippen LogP contribution in [0, 0.1) is 13.8 Å². The molecule has 78 valence electrons. The van der Waals surface area contributed by atoms with Crippen molar-refractivity contribution in [3.8, 4) is 11.5 Å². The van der Waals surface area contributed by atoms with E-state index in [2.05, 4.69) is 31.9 Å². The first-order chi connectivity index (χ1) is 6.54. The molecule has 14 heavy (non-hydrogen) atoms. The number of halogens is 2. The molecule has 0 radical (unpaired) electrons. The third-order valence-electron chi connectivity index (χ3n) is 2.15. The molecule has 0 saturated heterocycles. The lowest BCUT2D eigenvalue weighted by Crippen LogP contribution is -1.97. The third kappa shape index (κ3) is 1.77. The summed E-state index contributed by atoms with van der Waals surface area (Å²) in [5, 5.41) is 0. The first-order valence-electron chi connectivity index (χ1n) is 4.10. The molecule has 1 rings (SSSR count). The second-order valence-electron chi connectivity index (χ2n) is 2.94. The summed E-state index contributed by atoms with van der Waals surface area (Å²) in [4.78, 5) is 0. The monoisotopic (exact) mass is 322 g/mol. The molecule has 0 fully saturated rings. The third-order valence-corrected chi connectivity index (χ3v) is 4.06. The Hall–Kier alpha value is -0.220. The molecular formula is C10H12Br2O2. The highest BCUT2D eigenvalue weighted by molar-refractivity contribution is 9.11. The molecule has 0 atom stereocenters. The van der Waals surface area contributed by atoms with E-state index < -0.39 is 0 Å². The van der Waals surface area contributed by atoms with Gasteiger partial charge in [0.25, 0.3) is 0 Å². The number of rotatable bonds is 2. The Morgan fingerprint density at radius 2 is 1.14 bits per heavy atom. The van der Waals surface area contributed by atoms with Crippen LogP contribution in [0.2, 0.25) is 0 Å². The van der Waals surface area contributed by atoms with Crippen molar-refractivity contribution in [1.82, 2.24) is 0 Å². The van der Waals surface area contributed by atoms with Crippen molar-refractivity contribution in [1.29, 1.82) is 0 Å². The van der Waals surface area contributed by atoms with Gasteiger partial charge in [0.15, 0.2) is 0 Å². The fraction of sp³-hybridized carbons (Fsp3) is 0.400. The Morgan fingerprint density at radius 3 is 1.43 bits per heavy atom. The Morgan fingerprint density at radius 1 is 0.786 bits per heavy atom. The van der Waals surface area contributed by atoms with Gasteiger partial charge in [0.05, 0.1) is 14.2 Å². The Balaban J connectivity index is 3.56. The average molecular weight is 324 g/mol. The Kier molecular flexibility index (Phi) is 3.84. The SMILES string of the molecule is COc1c(C)c(Br)c(C)c(OC)c1Br. The van der Waals surface area contributed by atoms with Crippen LogP contribution in [0.1, 0.15) is 11.1 Å². The van der Waals surface area contributed by atoms with E-state index >= 15 is 0 Å². The fourth-order valence-electron chi connectivity index (χ4n) is 1.40. The predicted octanol–water partition coefficient (Wildman–Crippen LogP) is 3.85. The molecule has 4 heteroatoms. The molecule has 0 amide bonds. The van der Waals surface area contributed by atoms with Gasteiger partial charge in [-0.2, -0.15) is 0 Å². The summed E-state index contributed by atoms with van der Waals surface area (Å²) in [6, 6.07) is 0. The maximum absolute atomic E-state index is 5.30. The van der Waals surface area contributed by atoms with E-state index in [1.54, 1.807) is 14.2 Å². The normalized spacial score (nSPS) is 10.1. The van der Waals surface area contributed by atoms with Crippen LogP contribution in [-0.4, -0.2) is 14.2 Å². The van der Waals surface area contributed by atoms with Crippen molar-refractivity contribution >= 4 is 31.9 Å². The number of ether oxygens (including phenoxy) is 2. The molecule has 0 aliphatic heterocycles. The molecule has 0 unspecified atom stereocenters. The molecule has 1 aromatic carbocycles. The van der Waals surface area contributed by atoms with Gasteiger partial charge in [-0.25, -0.2) is 0 Å². The molecule has 0 aliphatic carbocycles. The van der Waals surface area contributed by atoms with Gasteiger partial charge in [-0.15, -0.1) is 0 Å². The summed E-state index contributed by atoms with van der Waals surface area (Å²) in [6.45, 7) is 4.00. The maximum atomic E-state index is 5.30. The van der Waals surface area contributed by atoms with Crippen LogP contribution in [0.15, 0.2) is 8.95 Å². The Bertz CT molecular complexity index is 331. The van der Waals surface area contributed by atoms with Gasteiger partial charge in [0.1, 0.15) is 16.0 Å². The minimum Gasteiger partial charge on any atom is -0.495 e. The van der Waals surface area contributed by atoms with Crippen LogP contribution in [-0.2, 0) is 0 Å². The summed E-state index contributed by atoms with van der Waals surface area (Å²) >= 11 is 6.98. The van der Waals surface area contributed by atoms with Crippen molar-refractivity contribution in [3.05, 3.63) is 20.1 Å². The molecule has 0 N–H and O–H groups in total. The van der Waals surface area contributed by atoms with E-state index in [1.165, 1.54) is 0 Å². The first kappa shape index (κ1) is 11.9. The quantitative estimate of drug-likeness (QED) is 0.823. The molecule has 1 aromatic rings. The second-order valence-corrected chi connectivity index (χ2v) is 4.53. The molecule has 0 bridgehead atoms. The molecule has 0 saturated carbocycles. The summed E-state index contributed by atoms with van der Waals surface area (Å²) in [5.74, 6) is 1.61. The smallest absolute Gasteiger partial charge is 0.140 e. The molecule has 0 spiro atoms. The summed E-state index contributed by atoms with van der Waals surface area (Å²) < 4.78 is 12.5. The van der Waals surface area contributed by atoms with Crippen LogP contribution < -0.4 is 9.47 Å². The van der Waals surface area contributed by atoms with E-state index in [1.807, 2.05) is 13.8 Å². The average Bonchev–Trinajstić information content (AvgIpc) is 2.16. The predicted molar refractivity (Wildman–Crippen MR) is 64.4 cm³/mol. The van der Waals surface area contributed by atoms with E-state index in [4.69, 9.17) is 9.47 Å². The van der Waals surface area contributed by atoms with Crippen molar-refractivity contribution in [2.24, 2.45) is 0 Å². The lowest BCUT2D eigenvalue weighted by Gasteiger charge is -2.16. The van der Waals surface area contributed by atoms with Gasteiger partial charge < -0.3 is 9.47 Å². The van der Waals surface area contributed by atoms with Crippen molar-refractivity contribution in [2.75, 3.05) is 14.2 Å². The summed E-state index contributed by atoms with van der Waals surface area (Å²) in [6.07, 6.45) is 0. The largest absolute Gasteiger partial charge is 0.495 e. The van der Waals surface area contributed by atoms with Gasteiger partial charge in [-0.1, -0.05) is 0 Å². The van der Waals surface area contributed by atoms with Gasteiger partial charge >= 0.3 is 0 Å². The lowest BCUT2D eigenvalue weighted by molar-refractivity contribution is 0.385. The summed E-state index contributed by atoms with van der Waals surface area (Å²) in [7, 11) is 3.29. The minimum absolute atomic E-state index is 0.805. The molecular weight excluding hydrogens is 312 g/mol. The van der Waals surface area contributed by atoms with Gasteiger partial charge in [-0.05, 0) is 45.7 Å². The second kappa shape index (κ2) is 4.53. The topological polar surface area (TPSA) is 18.5 Å². The van der Waals surface area contributed by atoms with Crippen molar-refractivity contribution in [2.45, 2.75) is 13.8 Å². The maximum Gasteiger partial charge on any atom is 0.140 e. The minimum atomic E-state index is 0.805. The Labute approximate surface area is 101 Å². The van der Waals surface area contributed by atoms with Crippen LogP contribution in [0.5, 0.6) is 11.5 Å². The van der Waals surface area contributed by atoms with Crippen molar-refractivity contribution < 1.29 is 9.47 Å². The highest BCUT2D eigenvalue weighted by Crippen LogP contribution is 2.44. The zero-order valence-corrected chi connectivity index (χ0v) is 11.7. The van der Waals surface area contributed by atoms with Gasteiger partial charge in [0.2, 0.25) is 0 Å². The van der Waals surface area contributed by atoms with E-state index in [-0.39, 0.29) is 0 Å². The van der Waals surface area contributed by atoms with Crippen LogP contribution in [0.25, 0.3) is 0 Å². The zero-order chi connectivity index (χ0) is 10.9. The van der Waals surface area contributed by atoms with Crippen LogP contribution in [0.3, 0.4) is 0 Å². The molecule has 2 nitrogen and oxygen atoms in total. The molecule has 0 aliphatic rings.